The van der Waals surface area contributed by atoms with Gasteiger partial charge in [0.1, 0.15) is 0 Å². The lowest BCUT2D eigenvalue weighted by atomic mass is 10.1. The van der Waals surface area contributed by atoms with E-state index < -0.39 is 6.28 Å². The number of nitriles is 1. The smallest absolute Gasteiger partial charge is 0.320 e. The van der Waals surface area contributed by atoms with Gasteiger partial charge in [0.05, 0.1) is 12.7 Å². The Balaban J connectivity index is 2.54. The van der Waals surface area contributed by atoms with Crippen molar-refractivity contribution in [3.63, 3.8) is 0 Å². The van der Waals surface area contributed by atoms with Crippen molar-refractivity contribution in [2.24, 2.45) is 0 Å². The minimum absolute atomic E-state index is 0.568. The lowest BCUT2D eigenvalue weighted by Gasteiger charge is -2.05. The van der Waals surface area contributed by atoms with Crippen LogP contribution in [0, 0.1) is 11.3 Å². The fourth-order valence-electron chi connectivity index (χ4n) is 1.23. The summed E-state index contributed by atoms with van der Waals surface area (Å²) in [6.07, 6.45) is 0.0758. The van der Waals surface area contributed by atoms with Crippen molar-refractivity contribution in [3.05, 3.63) is 35.4 Å². The number of benzene rings is 1. The maximum atomic E-state index is 8.49. The van der Waals surface area contributed by atoms with Crippen molar-refractivity contribution >= 4 is 36.9 Å². The molecule has 1 aromatic rings. The predicted octanol–water partition coefficient (Wildman–Crippen LogP) is 3.17. The summed E-state index contributed by atoms with van der Waals surface area (Å²) in [6, 6.07) is 10.3. The van der Waals surface area contributed by atoms with Crippen LogP contribution in [0.4, 0.5) is 0 Å². The third-order valence-corrected chi connectivity index (χ3v) is 3.90. The predicted molar refractivity (Wildman–Crippen MR) is 70.2 cm³/mol. The van der Waals surface area contributed by atoms with Crippen LogP contribution in [0.1, 0.15) is 17.5 Å². The number of hydrogen-bond acceptors (Lipinski definition) is 2. The summed E-state index contributed by atoms with van der Waals surface area (Å²) in [7, 11) is 0. The molecular formula is C10H11Br2NOSi. The van der Waals surface area contributed by atoms with Gasteiger partial charge in [0.15, 0.2) is 0 Å². The molecule has 0 fully saturated rings. The Morgan fingerprint density at radius 3 is 2.73 bits per heavy atom. The number of rotatable bonds is 5. The largest absolute Gasteiger partial charge is 0.396 e. The van der Waals surface area contributed by atoms with E-state index in [-0.39, 0.29) is 0 Å². The second kappa shape index (κ2) is 7.18. The molecular weight excluding hydrogens is 338 g/mol. The highest BCUT2D eigenvalue weighted by atomic mass is 79.9. The first-order valence-electron chi connectivity index (χ1n) is 4.57. The fraction of sp³-hybridized carbons (Fsp3) is 0.300. The minimum atomic E-state index is -1.31. The molecule has 0 atom stereocenters. The van der Waals surface area contributed by atoms with Crippen LogP contribution in [0.2, 0.25) is 0 Å². The quantitative estimate of drug-likeness (QED) is 0.604. The Hall–Kier alpha value is -0.153. The van der Waals surface area contributed by atoms with E-state index in [4.69, 9.17) is 9.69 Å². The van der Waals surface area contributed by atoms with Crippen LogP contribution in [0.15, 0.2) is 24.3 Å². The van der Waals surface area contributed by atoms with E-state index in [1.54, 1.807) is 0 Å². The molecule has 1 aromatic carbocycles. The van der Waals surface area contributed by atoms with Gasteiger partial charge in [-0.05, 0) is 17.5 Å². The summed E-state index contributed by atoms with van der Waals surface area (Å²) in [4.78, 5) is 0. The first-order chi connectivity index (χ1) is 7.22. The molecule has 0 saturated carbocycles. The minimum Gasteiger partial charge on any atom is -0.396 e. The summed E-state index contributed by atoms with van der Waals surface area (Å²) < 4.78 is 5.49. The van der Waals surface area contributed by atoms with Crippen LogP contribution in [-0.4, -0.2) is 6.28 Å². The van der Waals surface area contributed by atoms with E-state index in [1.807, 2.05) is 18.2 Å². The Labute approximate surface area is 107 Å². The van der Waals surface area contributed by atoms with Gasteiger partial charge in [0, 0.05) is 6.42 Å². The van der Waals surface area contributed by atoms with Gasteiger partial charge in [-0.2, -0.15) is 5.26 Å². The van der Waals surface area contributed by atoms with Gasteiger partial charge in [-0.25, -0.2) is 0 Å². The molecule has 2 nitrogen and oxygen atoms in total. The summed E-state index contributed by atoms with van der Waals surface area (Å²) >= 11 is 6.77. The Morgan fingerprint density at radius 1 is 1.33 bits per heavy atom. The molecule has 5 heteroatoms. The lowest BCUT2D eigenvalue weighted by molar-refractivity contribution is 0.332. The van der Waals surface area contributed by atoms with Gasteiger partial charge in [-0.3, -0.25) is 0 Å². The third kappa shape index (κ3) is 5.47. The Morgan fingerprint density at radius 2 is 2.07 bits per heavy atom. The molecule has 0 N–H and O–H groups in total. The highest BCUT2D eigenvalue weighted by molar-refractivity contribution is 9.48. The van der Waals surface area contributed by atoms with Crippen molar-refractivity contribution in [2.45, 2.75) is 19.4 Å². The molecule has 0 aliphatic heterocycles. The molecule has 0 heterocycles. The van der Waals surface area contributed by atoms with E-state index in [2.05, 4.69) is 42.7 Å². The first kappa shape index (κ1) is 12.9. The second-order valence-electron chi connectivity index (χ2n) is 3.05. The number of aryl methyl sites for hydroxylation is 1. The SMILES string of the molecule is N#CCCc1cccc(CO[SiH](Br)Br)c1. The van der Waals surface area contributed by atoms with Crippen molar-refractivity contribution < 1.29 is 4.43 Å². The molecule has 0 saturated heterocycles. The standard InChI is InChI=1S/C10H11Br2NOSi/c11-15(12)14-8-10-4-1-3-9(7-10)5-2-6-13/h1,3-4,7,15H,2,5,8H2. The van der Waals surface area contributed by atoms with Crippen LogP contribution >= 0.6 is 30.6 Å². The van der Waals surface area contributed by atoms with E-state index in [0.29, 0.717) is 13.0 Å². The van der Waals surface area contributed by atoms with Crippen molar-refractivity contribution in [2.75, 3.05) is 0 Å². The van der Waals surface area contributed by atoms with Crippen molar-refractivity contribution in [1.82, 2.24) is 0 Å². The average Bonchev–Trinajstić information content (AvgIpc) is 2.24. The molecule has 0 unspecified atom stereocenters. The zero-order valence-corrected chi connectivity index (χ0v) is 12.4. The highest BCUT2D eigenvalue weighted by Crippen LogP contribution is 2.12. The maximum absolute atomic E-state index is 8.49. The van der Waals surface area contributed by atoms with Gasteiger partial charge in [0.2, 0.25) is 0 Å². The van der Waals surface area contributed by atoms with Gasteiger partial charge < -0.3 is 4.43 Å². The van der Waals surface area contributed by atoms with Crippen LogP contribution < -0.4 is 0 Å². The van der Waals surface area contributed by atoms with E-state index in [0.717, 1.165) is 12.0 Å². The summed E-state index contributed by atoms with van der Waals surface area (Å²) in [5.74, 6) is 0. The topological polar surface area (TPSA) is 33.0 Å². The van der Waals surface area contributed by atoms with Crippen LogP contribution in [-0.2, 0) is 17.5 Å². The third-order valence-electron chi connectivity index (χ3n) is 1.89. The summed E-state index contributed by atoms with van der Waals surface area (Å²) in [6.45, 7) is 0.619. The van der Waals surface area contributed by atoms with Crippen LogP contribution in [0.3, 0.4) is 0 Å². The fourth-order valence-corrected chi connectivity index (χ4v) is 2.35. The van der Waals surface area contributed by atoms with E-state index >= 15 is 0 Å². The van der Waals surface area contributed by atoms with Crippen LogP contribution in [0.5, 0.6) is 0 Å². The molecule has 15 heavy (non-hydrogen) atoms. The zero-order valence-electron chi connectivity index (χ0n) is 8.12. The molecule has 80 valence electrons. The van der Waals surface area contributed by atoms with E-state index in [9.17, 15) is 0 Å². The molecule has 0 amide bonds. The number of nitrogens with zero attached hydrogens (tertiary/aromatic N) is 1. The molecule has 1 rings (SSSR count). The van der Waals surface area contributed by atoms with Crippen molar-refractivity contribution in [1.29, 1.82) is 5.26 Å². The second-order valence-corrected chi connectivity index (χ2v) is 12.6. The van der Waals surface area contributed by atoms with Gasteiger partial charge in [0.25, 0.3) is 0 Å². The highest BCUT2D eigenvalue weighted by Gasteiger charge is 2.01. The normalized spacial score (nSPS) is 10.3. The average molecular weight is 349 g/mol. The van der Waals surface area contributed by atoms with Gasteiger partial charge in [-0.1, -0.05) is 54.9 Å². The molecule has 0 bridgehead atoms. The molecule has 0 aromatic heterocycles. The molecule has 0 spiro atoms. The first-order valence-corrected chi connectivity index (χ1v) is 11.4. The Kier molecular flexibility index (Phi) is 6.18. The lowest BCUT2D eigenvalue weighted by Crippen LogP contribution is -2.01. The molecule has 0 aliphatic rings. The van der Waals surface area contributed by atoms with Crippen LogP contribution in [0.25, 0.3) is 0 Å². The zero-order chi connectivity index (χ0) is 11.1. The number of hydrogen-bond donors (Lipinski definition) is 0. The summed E-state index contributed by atoms with van der Waals surface area (Å²) in [5, 5.41) is 8.49. The number of halogens is 2. The van der Waals surface area contributed by atoms with E-state index in [1.165, 1.54) is 5.56 Å². The monoisotopic (exact) mass is 347 g/mol. The maximum Gasteiger partial charge on any atom is 0.320 e. The summed E-state index contributed by atoms with van der Waals surface area (Å²) in [5.41, 5.74) is 2.35. The van der Waals surface area contributed by atoms with Gasteiger partial charge in [-0.15, -0.1) is 0 Å². The van der Waals surface area contributed by atoms with Crippen molar-refractivity contribution in [3.8, 4) is 6.07 Å². The molecule has 0 radical (unpaired) electrons. The Bertz CT molecular complexity index is 352. The molecule has 0 aliphatic carbocycles. The van der Waals surface area contributed by atoms with Gasteiger partial charge >= 0.3 is 6.28 Å².